The highest BCUT2D eigenvalue weighted by atomic mass is 19.1. The highest BCUT2D eigenvalue weighted by Gasteiger charge is 2.36. The standard InChI is InChI=1S/C33H48F2N4O5/c1-4-6-12-33(43-14-8-15-44-33)13-11-28(39-32(42)36-3)31(41)38-29(19-25-17-26(34)20-27(35)18-25)30(40)22-37-21-24-10-7-9-23(5-2)16-24/h7,9-10,16-18,20,28-30,37,40H,4-6,8,11-15,19,21-22H2,1-3H3,(H,38,41)(H2,36,39,42)/t28-,29+,30-/m1/s1. The lowest BCUT2D eigenvalue weighted by Crippen LogP contribution is -2.56. The first kappa shape index (κ1) is 35.4. The molecule has 0 saturated carbocycles. The zero-order valence-electron chi connectivity index (χ0n) is 26.1. The smallest absolute Gasteiger partial charge is 0.315 e. The predicted molar refractivity (Wildman–Crippen MR) is 165 cm³/mol. The van der Waals surface area contributed by atoms with Crippen molar-refractivity contribution in [1.29, 1.82) is 0 Å². The summed E-state index contributed by atoms with van der Waals surface area (Å²) in [6.07, 6.45) is 3.63. The van der Waals surface area contributed by atoms with E-state index >= 15 is 0 Å². The van der Waals surface area contributed by atoms with Crippen LogP contribution in [0.3, 0.4) is 0 Å². The van der Waals surface area contributed by atoms with Crippen molar-refractivity contribution in [3.05, 3.63) is 70.8 Å². The van der Waals surface area contributed by atoms with Gasteiger partial charge in [-0.2, -0.15) is 0 Å². The lowest BCUT2D eigenvalue weighted by atomic mass is 9.97. The Bertz CT molecular complexity index is 1170. The molecule has 0 radical (unpaired) electrons. The molecule has 9 nitrogen and oxygen atoms in total. The minimum Gasteiger partial charge on any atom is -0.390 e. The Kier molecular flexibility index (Phi) is 14.5. The SMILES string of the molecule is CCCCC1(CC[C@@H](NC(=O)NC)C(=O)N[C@@H](Cc2cc(F)cc(F)c2)[C@H](O)CNCc2cccc(CC)c2)OCCCO1. The van der Waals surface area contributed by atoms with Gasteiger partial charge < -0.3 is 35.8 Å². The maximum Gasteiger partial charge on any atom is 0.315 e. The van der Waals surface area contributed by atoms with E-state index in [9.17, 15) is 23.5 Å². The number of ether oxygens (including phenoxy) is 2. The van der Waals surface area contributed by atoms with Gasteiger partial charge in [-0.25, -0.2) is 13.6 Å². The number of urea groups is 1. The molecular formula is C33H48F2N4O5. The van der Waals surface area contributed by atoms with Gasteiger partial charge in [0.1, 0.15) is 17.7 Å². The molecule has 1 saturated heterocycles. The molecular weight excluding hydrogens is 570 g/mol. The highest BCUT2D eigenvalue weighted by Crippen LogP contribution is 2.30. The van der Waals surface area contributed by atoms with Gasteiger partial charge in [-0.3, -0.25) is 4.79 Å². The van der Waals surface area contributed by atoms with Crippen molar-refractivity contribution in [3.63, 3.8) is 0 Å². The first-order valence-electron chi connectivity index (χ1n) is 15.6. The number of aliphatic hydroxyl groups is 1. The van der Waals surface area contributed by atoms with E-state index < -0.39 is 47.5 Å². The second-order valence-electron chi connectivity index (χ2n) is 11.3. The molecule has 1 fully saturated rings. The van der Waals surface area contributed by atoms with Crippen LogP contribution in [0.2, 0.25) is 0 Å². The van der Waals surface area contributed by atoms with Gasteiger partial charge in [-0.1, -0.05) is 44.5 Å². The normalized spacial score (nSPS) is 16.5. The van der Waals surface area contributed by atoms with Crippen LogP contribution in [0.1, 0.15) is 69.1 Å². The molecule has 0 aromatic heterocycles. The fraction of sp³-hybridized carbons (Fsp3) is 0.576. The van der Waals surface area contributed by atoms with Crippen molar-refractivity contribution in [2.75, 3.05) is 26.8 Å². The average Bonchev–Trinajstić information content (AvgIpc) is 3.01. The van der Waals surface area contributed by atoms with E-state index in [0.717, 1.165) is 37.3 Å². The summed E-state index contributed by atoms with van der Waals surface area (Å²) >= 11 is 0. The average molecular weight is 619 g/mol. The number of rotatable bonds is 17. The van der Waals surface area contributed by atoms with E-state index in [2.05, 4.69) is 41.2 Å². The zero-order valence-corrected chi connectivity index (χ0v) is 26.1. The molecule has 3 rings (SSSR count). The fourth-order valence-electron chi connectivity index (χ4n) is 5.36. The van der Waals surface area contributed by atoms with Gasteiger partial charge in [0.2, 0.25) is 5.91 Å². The predicted octanol–water partition coefficient (Wildman–Crippen LogP) is 4.11. The van der Waals surface area contributed by atoms with E-state index in [1.165, 1.54) is 24.7 Å². The summed E-state index contributed by atoms with van der Waals surface area (Å²) in [6, 6.07) is 8.76. The summed E-state index contributed by atoms with van der Waals surface area (Å²) in [5.74, 6) is -2.88. The molecule has 0 aliphatic carbocycles. The van der Waals surface area contributed by atoms with Gasteiger partial charge in [0.25, 0.3) is 0 Å². The third kappa shape index (κ3) is 11.4. The van der Waals surface area contributed by atoms with Crippen molar-refractivity contribution in [1.82, 2.24) is 21.3 Å². The summed E-state index contributed by atoms with van der Waals surface area (Å²) in [5, 5.41) is 22.4. The van der Waals surface area contributed by atoms with Crippen LogP contribution in [0.5, 0.6) is 0 Å². The van der Waals surface area contributed by atoms with Crippen molar-refractivity contribution in [3.8, 4) is 0 Å². The van der Waals surface area contributed by atoms with Crippen molar-refractivity contribution in [2.45, 2.75) is 95.7 Å². The molecule has 44 heavy (non-hydrogen) atoms. The van der Waals surface area contributed by atoms with Crippen LogP contribution in [0.4, 0.5) is 13.6 Å². The monoisotopic (exact) mass is 618 g/mol. The molecule has 0 bridgehead atoms. The topological polar surface area (TPSA) is 121 Å². The van der Waals surface area contributed by atoms with Gasteiger partial charge in [0.05, 0.1) is 25.4 Å². The third-order valence-electron chi connectivity index (χ3n) is 7.85. The van der Waals surface area contributed by atoms with Crippen LogP contribution in [0.15, 0.2) is 42.5 Å². The number of benzene rings is 2. The second kappa shape index (κ2) is 18.0. The summed E-state index contributed by atoms with van der Waals surface area (Å²) in [7, 11) is 1.45. The fourth-order valence-corrected chi connectivity index (χ4v) is 5.36. The van der Waals surface area contributed by atoms with E-state index in [1.54, 1.807) is 0 Å². The van der Waals surface area contributed by atoms with Gasteiger partial charge >= 0.3 is 6.03 Å². The largest absolute Gasteiger partial charge is 0.390 e. The first-order valence-corrected chi connectivity index (χ1v) is 15.6. The molecule has 5 N–H and O–H groups in total. The number of hydrogen-bond acceptors (Lipinski definition) is 6. The Morgan fingerprint density at radius 3 is 2.34 bits per heavy atom. The van der Waals surface area contributed by atoms with Gasteiger partial charge in [0, 0.05) is 39.0 Å². The summed E-state index contributed by atoms with van der Waals surface area (Å²) in [5.41, 5.74) is 2.52. The van der Waals surface area contributed by atoms with Crippen LogP contribution in [0.25, 0.3) is 0 Å². The Balaban J connectivity index is 1.75. The molecule has 1 aliphatic heterocycles. The second-order valence-corrected chi connectivity index (χ2v) is 11.3. The van der Waals surface area contributed by atoms with Gasteiger partial charge in [-0.05, 0) is 60.9 Å². The van der Waals surface area contributed by atoms with Crippen molar-refractivity contribution in [2.24, 2.45) is 0 Å². The van der Waals surface area contributed by atoms with Crippen molar-refractivity contribution < 1.29 is 33.0 Å². The number of carbonyl (C=O) groups excluding carboxylic acids is 2. The van der Waals surface area contributed by atoms with Crippen LogP contribution < -0.4 is 21.3 Å². The minimum atomic E-state index is -1.11. The molecule has 1 aliphatic rings. The van der Waals surface area contributed by atoms with Crippen molar-refractivity contribution >= 4 is 11.9 Å². The minimum absolute atomic E-state index is 0.0338. The van der Waals surface area contributed by atoms with Gasteiger partial charge in [-0.15, -0.1) is 0 Å². The number of carbonyl (C=O) groups is 2. The van der Waals surface area contributed by atoms with E-state index in [4.69, 9.17) is 9.47 Å². The Hall–Kier alpha value is -3.12. The number of nitrogens with one attached hydrogen (secondary N) is 4. The first-order chi connectivity index (χ1) is 21.2. The number of aryl methyl sites for hydroxylation is 1. The zero-order chi connectivity index (χ0) is 32.0. The molecule has 2 aromatic rings. The summed E-state index contributed by atoms with van der Waals surface area (Å²) in [4.78, 5) is 26.0. The quantitative estimate of drug-likeness (QED) is 0.182. The van der Waals surface area contributed by atoms with E-state index in [0.29, 0.717) is 32.6 Å². The maximum absolute atomic E-state index is 14.0. The van der Waals surface area contributed by atoms with Crippen LogP contribution in [0, 0.1) is 11.6 Å². The lowest BCUT2D eigenvalue weighted by molar-refractivity contribution is -0.274. The number of amides is 3. The molecule has 11 heteroatoms. The number of aliphatic hydroxyl groups excluding tert-OH is 1. The molecule has 244 valence electrons. The summed E-state index contributed by atoms with van der Waals surface area (Å²) in [6.45, 7) is 5.85. The maximum atomic E-state index is 14.0. The Morgan fingerprint density at radius 1 is 0.977 bits per heavy atom. The van der Waals surface area contributed by atoms with Gasteiger partial charge in [0.15, 0.2) is 5.79 Å². The molecule has 3 atom stereocenters. The third-order valence-corrected chi connectivity index (χ3v) is 7.85. The van der Waals surface area contributed by atoms with Crippen LogP contribution >= 0.6 is 0 Å². The molecule has 3 amide bonds. The van der Waals surface area contributed by atoms with Crippen LogP contribution in [-0.2, 0) is 33.7 Å². The number of unbranched alkanes of at least 4 members (excludes halogenated alkanes) is 1. The molecule has 2 aromatic carbocycles. The highest BCUT2D eigenvalue weighted by molar-refractivity contribution is 5.87. The van der Waals surface area contributed by atoms with E-state index in [1.807, 2.05) is 18.2 Å². The number of halogens is 2. The number of hydrogen-bond donors (Lipinski definition) is 5. The summed E-state index contributed by atoms with van der Waals surface area (Å²) < 4.78 is 40.1. The molecule has 1 heterocycles. The Labute approximate surface area is 259 Å². The molecule has 0 unspecified atom stereocenters. The lowest BCUT2D eigenvalue weighted by Gasteiger charge is -2.38. The molecule has 0 spiro atoms. The van der Waals surface area contributed by atoms with Crippen LogP contribution in [-0.4, -0.2) is 67.8 Å². The Morgan fingerprint density at radius 2 is 1.68 bits per heavy atom. The van der Waals surface area contributed by atoms with E-state index in [-0.39, 0.29) is 24.9 Å².